The molecule has 0 aromatic carbocycles. The van der Waals surface area contributed by atoms with Crippen LogP contribution in [0.25, 0.3) is 0 Å². The van der Waals surface area contributed by atoms with Gasteiger partial charge in [0, 0.05) is 19.4 Å². The topological polar surface area (TPSA) is 131 Å². The van der Waals surface area contributed by atoms with Crippen LogP contribution in [-0.4, -0.2) is 54.3 Å². The lowest BCUT2D eigenvalue weighted by Crippen LogP contribution is -2.27. The van der Waals surface area contributed by atoms with Crippen molar-refractivity contribution < 1.29 is 37.9 Å². The van der Waals surface area contributed by atoms with Crippen molar-refractivity contribution >= 4 is 19.7 Å². The van der Waals surface area contributed by atoms with Gasteiger partial charge >= 0.3 is 13.8 Å². The monoisotopic (exact) mass is 838 g/mol. The SMILES string of the molecule is CCCCC/C=C\C/C=C\C/C=C\C/C=C\CCCCCCCC(=O)OCC(O)COP(=O)(O)OCCNC(=O)CCCCCCCCCCCCCCCCCC. The van der Waals surface area contributed by atoms with Crippen molar-refractivity contribution in [1.82, 2.24) is 5.32 Å². The predicted octanol–water partition coefficient (Wildman–Crippen LogP) is 13.5. The van der Waals surface area contributed by atoms with Crippen LogP contribution in [0.5, 0.6) is 0 Å². The van der Waals surface area contributed by atoms with Gasteiger partial charge in [-0.3, -0.25) is 18.6 Å². The summed E-state index contributed by atoms with van der Waals surface area (Å²) in [5, 5.41) is 12.7. The Hall–Kier alpha value is -2.03. The van der Waals surface area contributed by atoms with Gasteiger partial charge in [0.05, 0.1) is 13.2 Å². The summed E-state index contributed by atoms with van der Waals surface area (Å²) < 4.78 is 26.9. The second-order valence-electron chi connectivity index (χ2n) is 15.7. The molecule has 0 aliphatic rings. The molecule has 0 aliphatic carbocycles. The number of nitrogens with one attached hydrogen (secondary N) is 1. The lowest BCUT2D eigenvalue weighted by atomic mass is 10.0. The molecule has 0 radical (unpaired) electrons. The molecule has 0 heterocycles. The van der Waals surface area contributed by atoms with Crippen LogP contribution in [-0.2, 0) is 27.9 Å². The number of hydrogen-bond donors (Lipinski definition) is 3. The lowest BCUT2D eigenvalue weighted by molar-refractivity contribution is -0.147. The van der Waals surface area contributed by atoms with Crippen molar-refractivity contribution in [2.75, 3.05) is 26.4 Å². The van der Waals surface area contributed by atoms with Gasteiger partial charge in [0.15, 0.2) is 0 Å². The molecule has 9 nitrogen and oxygen atoms in total. The number of amides is 1. The van der Waals surface area contributed by atoms with E-state index in [1.165, 1.54) is 109 Å². The van der Waals surface area contributed by atoms with E-state index in [0.717, 1.165) is 70.6 Å². The zero-order chi connectivity index (χ0) is 42.5. The molecule has 0 aromatic heterocycles. The third kappa shape index (κ3) is 45.1. The van der Waals surface area contributed by atoms with E-state index in [9.17, 15) is 24.2 Å². The predicted molar refractivity (Wildman–Crippen MR) is 243 cm³/mol. The summed E-state index contributed by atoms with van der Waals surface area (Å²) in [6.45, 7) is 3.52. The van der Waals surface area contributed by atoms with E-state index in [-0.39, 0.29) is 32.1 Å². The average Bonchev–Trinajstić information content (AvgIpc) is 3.21. The molecule has 2 unspecified atom stereocenters. The van der Waals surface area contributed by atoms with Gasteiger partial charge in [-0.1, -0.05) is 191 Å². The first-order chi connectivity index (χ1) is 28.3. The molecule has 0 aliphatic heterocycles. The lowest BCUT2D eigenvalue weighted by Gasteiger charge is -2.15. The van der Waals surface area contributed by atoms with E-state index >= 15 is 0 Å². The number of allylic oxidation sites excluding steroid dienone is 8. The molecule has 10 heteroatoms. The zero-order valence-electron chi connectivity index (χ0n) is 37.2. The minimum atomic E-state index is -4.42. The summed E-state index contributed by atoms with van der Waals surface area (Å²) in [7, 11) is -4.42. The number of carbonyl (C=O) groups excluding carboxylic acids is 2. The second kappa shape index (κ2) is 44.5. The van der Waals surface area contributed by atoms with Gasteiger partial charge in [-0.15, -0.1) is 0 Å². The fourth-order valence-electron chi connectivity index (χ4n) is 6.42. The van der Waals surface area contributed by atoms with Crippen LogP contribution >= 0.6 is 7.82 Å². The fraction of sp³-hybridized carbons (Fsp3) is 0.792. The summed E-state index contributed by atoms with van der Waals surface area (Å²) in [6.07, 6.45) is 51.8. The maximum absolute atomic E-state index is 12.1. The Morgan fingerprint density at radius 1 is 0.534 bits per heavy atom. The number of aliphatic hydroxyl groups excluding tert-OH is 1. The van der Waals surface area contributed by atoms with Crippen LogP contribution in [0.15, 0.2) is 48.6 Å². The fourth-order valence-corrected chi connectivity index (χ4v) is 7.18. The molecule has 58 heavy (non-hydrogen) atoms. The number of unbranched alkanes of at least 4 members (excludes halogenated alkanes) is 23. The number of hydrogen-bond acceptors (Lipinski definition) is 7. The highest BCUT2D eigenvalue weighted by atomic mass is 31.2. The Bertz CT molecular complexity index is 1090. The summed E-state index contributed by atoms with van der Waals surface area (Å²) >= 11 is 0. The van der Waals surface area contributed by atoms with Crippen molar-refractivity contribution in [1.29, 1.82) is 0 Å². The Morgan fingerprint density at radius 3 is 1.43 bits per heavy atom. The van der Waals surface area contributed by atoms with Gasteiger partial charge in [-0.2, -0.15) is 0 Å². The van der Waals surface area contributed by atoms with Gasteiger partial charge in [-0.25, -0.2) is 4.57 Å². The first-order valence-electron chi connectivity index (χ1n) is 23.6. The molecular weight excluding hydrogens is 750 g/mol. The molecular formula is C48H88NO8P. The number of aliphatic hydroxyl groups is 1. The zero-order valence-corrected chi connectivity index (χ0v) is 38.1. The highest BCUT2D eigenvalue weighted by molar-refractivity contribution is 7.47. The molecule has 0 rings (SSSR count). The third-order valence-electron chi connectivity index (χ3n) is 10.0. The smallest absolute Gasteiger partial charge is 0.463 e. The summed E-state index contributed by atoms with van der Waals surface area (Å²) in [5.74, 6) is -0.530. The second-order valence-corrected chi connectivity index (χ2v) is 17.2. The van der Waals surface area contributed by atoms with Crippen LogP contribution in [0.4, 0.5) is 0 Å². The van der Waals surface area contributed by atoms with E-state index in [4.69, 9.17) is 13.8 Å². The number of ether oxygens (including phenoxy) is 1. The summed E-state index contributed by atoms with van der Waals surface area (Å²) in [4.78, 5) is 34.0. The minimum absolute atomic E-state index is 0.0805. The molecule has 0 aromatic rings. The molecule has 2 atom stereocenters. The van der Waals surface area contributed by atoms with Crippen LogP contribution in [0, 0.1) is 0 Å². The van der Waals surface area contributed by atoms with E-state index in [1.54, 1.807) is 0 Å². The van der Waals surface area contributed by atoms with Crippen molar-refractivity contribution in [2.24, 2.45) is 0 Å². The van der Waals surface area contributed by atoms with Crippen molar-refractivity contribution in [3.05, 3.63) is 48.6 Å². The number of esters is 1. The average molecular weight is 838 g/mol. The summed E-state index contributed by atoms with van der Waals surface area (Å²) in [6, 6.07) is 0. The first-order valence-corrected chi connectivity index (χ1v) is 25.1. The molecule has 3 N–H and O–H groups in total. The molecule has 0 bridgehead atoms. The van der Waals surface area contributed by atoms with Crippen LogP contribution in [0.3, 0.4) is 0 Å². The molecule has 0 saturated carbocycles. The normalized spacial score (nSPS) is 13.7. The van der Waals surface area contributed by atoms with Gasteiger partial charge in [0.1, 0.15) is 12.7 Å². The Labute approximate surface area is 355 Å². The van der Waals surface area contributed by atoms with Crippen LogP contribution < -0.4 is 5.32 Å². The van der Waals surface area contributed by atoms with E-state index in [0.29, 0.717) is 12.8 Å². The highest BCUT2D eigenvalue weighted by Gasteiger charge is 2.23. The molecule has 0 saturated heterocycles. The number of carbonyl (C=O) groups is 2. The molecule has 338 valence electrons. The minimum Gasteiger partial charge on any atom is -0.463 e. The Morgan fingerprint density at radius 2 is 0.931 bits per heavy atom. The molecule has 0 spiro atoms. The summed E-state index contributed by atoms with van der Waals surface area (Å²) in [5.41, 5.74) is 0. The van der Waals surface area contributed by atoms with Gasteiger partial charge in [-0.05, 0) is 57.8 Å². The van der Waals surface area contributed by atoms with Gasteiger partial charge in [0.25, 0.3) is 0 Å². The third-order valence-corrected chi connectivity index (χ3v) is 11.0. The van der Waals surface area contributed by atoms with Gasteiger partial charge in [0.2, 0.25) is 5.91 Å². The number of phosphoric acid groups is 1. The largest absolute Gasteiger partial charge is 0.472 e. The van der Waals surface area contributed by atoms with Crippen molar-refractivity contribution in [2.45, 2.75) is 219 Å². The van der Waals surface area contributed by atoms with Crippen LogP contribution in [0.2, 0.25) is 0 Å². The first kappa shape index (κ1) is 56.0. The highest BCUT2D eigenvalue weighted by Crippen LogP contribution is 2.42. The van der Waals surface area contributed by atoms with E-state index < -0.39 is 26.5 Å². The van der Waals surface area contributed by atoms with Crippen molar-refractivity contribution in [3.8, 4) is 0 Å². The number of rotatable bonds is 44. The molecule has 0 fully saturated rings. The maximum Gasteiger partial charge on any atom is 0.472 e. The maximum atomic E-state index is 12.1. The van der Waals surface area contributed by atoms with E-state index in [1.807, 2.05) is 0 Å². The van der Waals surface area contributed by atoms with E-state index in [2.05, 4.69) is 67.8 Å². The Balaban J connectivity index is 3.62. The molecule has 1 amide bonds. The van der Waals surface area contributed by atoms with Gasteiger partial charge < -0.3 is 20.1 Å². The number of phosphoric ester groups is 1. The standard InChI is InChI=1S/C48H88NO8P/c1-3-5-7-9-11-13-15-17-19-21-22-23-24-25-27-29-31-33-35-37-39-41-48(52)55-44-46(50)45-57-58(53,54)56-43-42-49-47(51)40-38-36-34-32-30-28-26-20-18-16-14-12-10-8-6-4-2/h11,13,17,19,22-23,25,27,46,50H,3-10,12,14-16,18,20-21,24,26,28-45H2,1-2H3,(H,49,51)(H,53,54)/b13-11-,19-17-,23-22-,27-25-. The Kier molecular flexibility index (Phi) is 43.0. The van der Waals surface area contributed by atoms with Crippen molar-refractivity contribution in [3.63, 3.8) is 0 Å². The quantitative estimate of drug-likeness (QED) is 0.0239. The van der Waals surface area contributed by atoms with Crippen LogP contribution in [0.1, 0.15) is 213 Å².